The third kappa shape index (κ3) is 2.70. The van der Waals surface area contributed by atoms with Gasteiger partial charge in [-0.15, -0.1) is 0 Å². The number of carbonyl (C=O) groups excluding carboxylic acids is 1. The molecule has 1 saturated heterocycles. The van der Waals surface area contributed by atoms with Gasteiger partial charge in [-0.05, 0) is 43.9 Å². The molecule has 1 aliphatic heterocycles. The number of carboxylic acids is 1. The van der Waals surface area contributed by atoms with E-state index in [0.29, 0.717) is 24.1 Å². The molecular formula is C14H17NO4. The van der Waals surface area contributed by atoms with Gasteiger partial charge in [0, 0.05) is 12.1 Å². The first kappa shape index (κ1) is 13.4. The SMILES string of the molecule is Cc1ccc(C(=O)N2CCCCC2C(=O)O)cc1O. The minimum absolute atomic E-state index is 0.0507. The van der Waals surface area contributed by atoms with Crippen LogP contribution in [0.5, 0.6) is 5.75 Å². The molecule has 1 aromatic carbocycles. The number of rotatable bonds is 2. The molecule has 1 heterocycles. The Hall–Kier alpha value is -2.04. The number of likely N-dealkylation sites (tertiary alicyclic amines) is 1. The van der Waals surface area contributed by atoms with Crippen molar-refractivity contribution < 1.29 is 19.8 Å². The van der Waals surface area contributed by atoms with Gasteiger partial charge < -0.3 is 15.1 Å². The zero-order chi connectivity index (χ0) is 14.0. The van der Waals surface area contributed by atoms with Crippen LogP contribution in [0.25, 0.3) is 0 Å². The highest BCUT2D eigenvalue weighted by Gasteiger charge is 2.32. The highest BCUT2D eigenvalue weighted by molar-refractivity contribution is 5.97. The summed E-state index contributed by atoms with van der Waals surface area (Å²) in [6.45, 7) is 2.19. The molecule has 1 aromatic rings. The number of hydrogen-bond donors (Lipinski definition) is 2. The normalized spacial score (nSPS) is 19.2. The third-order valence-electron chi connectivity index (χ3n) is 3.50. The maximum absolute atomic E-state index is 12.3. The molecule has 0 spiro atoms. The topological polar surface area (TPSA) is 77.8 Å². The number of phenolic OH excluding ortho intramolecular Hbond substituents is 1. The lowest BCUT2D eigenvalue weighted by molar-refractivity contribution is -0.143. The number of hydrogen-bond acceptors (Lipinski definition) is 3. The molecule has 1 atom stereocenters. The van der Waals surface area contributed by atoms with Crippen LogP contribution in [0.15, 0.2) is 18.2 Å². The zero-order valence-corrected chi connectivity index (χ0v) is 10.8. The number of piperidine rings is 1. The fourth-order valence-electron chi connectivity index (χ4n) is 2.34. The van der Waals surface area contributed by atoms with Crippen LogP contribution in [0, 0.1) is 6.92 Å². The Morgan fingerprint density at radius 3 is 2.68 bits per heavy atom. The second-order valence-electron chi connectivity index (χ2n) is 4.85. The van der Waals surface area contributed by atoms with Crippen molar-refractivity contribution in [2.24, 2.45) is 0 Å². The van der Waals surface area contributed by atoms with E-state index in [1.54, 1.807) is 19.1 Å². The molecule has 0 radical (unpaired) electrons. The molecular weight excluding hydrogens is 246 g/mol. The van der Waals surface area contributed by atoms with Crippen molar-refractivity contribution in [1.82, 2.24) is 4.90 Å². The lowest BCUT2D eigenvalue weighted by Gasteiger charge is -2.33. The van der Waals surface area contributed by atoms with E-state index < -0.39 is 12.0 Å². The van der Waals surface area contributed by atoms with Gasteiger partial charge in [-0.3, -0.25) is 4.79 Å². The van der Waals surface area contributed by atoms with Crippen molar-refractivity contribution in [2.45, 2.75) is 32.2 Å². The summed E-state index contributed by atoms with van der Waals surface area (Å²) in [5.74, 6) is -1.25. The summed E-state index contributed by atoms with van der Waals surface area (Å²) in [6.07, 6.45) is 2.12. The number of aromatic hydroxyl groups is 1. The average Bonchev–Trinajstić information content (AvgIpc) is 2.41. The number of nitrogens with zero attached hydrogens (tertiary/aromatic N) is 1. The van der Waals surface area contributed by atoms with Crippen LogP contribution in [0.3, 0.4) is 0 Å². The van der Waals surface area contributed by atoms with E-state index in [1.807, 2.05) is 0 Å². The molecule has 5 nitrogen and oxygen atoms in total. The molecule has 5 heteroatoms. The van der Waals surface area contributed by atoms with Gasteiger partial charge in [0.1, 0.15) is 11.8 Å². The number of benzene rings is 1. The van der Waals surface area contributed by atoms with Gasteiger partial charge >= 0.3 is 5.97 Å². The van der Waals surface area contributed by atoms with E-state index in [-0.39, 0.29) is 11.7 Å². The Bertz CT molecular complexity index is 512. The monoisotopic (exact) mass is 263 g/mol. The molecule has 1 fully saturated rings. The second-order valence-corrected chi connectivity index (χ2v) is 4.85. The zero-order valence-electron chi connectivity index (χ0n) is 10.8. The Labute approximate surface area is 111 Å². The number of aliphatic carboxylic acids is 1. The van der Waals surface area contributed by atoms with Gasteiger partial charge in [-0.1, -0.05) is 6.07 Å². The maximum atomic E-state index is 12.3. The predicted molar refractivity (Wildman–Crippen MR) is 69.2 cm³/mol. The molecule has 2 N–H and O–H groups in total. The number of carboxylic acid groups (broad SMARTS) is 1. The molecule has 19 heavy (non-hydrogen) atoms. The fourth-order valence-corrected chi connectivity index (χ4v) is 2.34. The molecule has 0 bridgehead atoms. The van der Waals surface area contributed by atoms with Gasteiger partial charge in [-0.2, -0.15) is 0 Å². The molecule has 1 amide bonds. The summed E-state index contributed by atoms with van der Waals surface area (Å²) < 4.78 is 0. The number of amides is 1. The lowest BCUT2D eigenvalue weighted by atomic mass is 10.0. The second kappa shape index (κ2) is 5.30. The summed E-state index contributed by atoms with van der Waals surface area (Å²) in [6, 6.07) is 3.91. The summed E-state index contributed by atoms with van der Waals surface area (Å²) in [7, 11) is 0. The Balaban J connectivity index is 2.26. The van der Waals surface area contributed by atoms with E-state index in [1.165, 1.54) is 11.0 Å². The van der Waals surface area contributed by atoms with Crippen LogP contribution in [-0.4, -0.2) is 39.6 Å². The Morgan fingerprint density at radius 1 is 1.32 bits per heavy atom. The highest BCUT2D eigenvalue weighted by Crippen LogP contribution is 2.23. The first-order chi connectivity index (χ1) is 9.00. The van der Waals surface area contributed by atoms with Crippen LogP contribution in [0.1, 0.15) is 35.2 Å². The van der Waals surface area contributed by atoms with Gasteiger partial charge in [-0.25, -0.2) is 4.79 Å². The molecule has 2 rings (SSSR count). The fraction of sp³-hybridized carbons (Fsp3) is 0.429. The highest BCUT2D eigenvalue weighted by atomic mass is 16.4. The molecule has 0 aliphatic carbocycles. The van der Waals surface area contributed by atoms with Crippen molar-refractivity contribution in [3.05, 3.63) is 29.3 Å². The van der Waals surface area contributed by atoms with E-state index in [9.17, 15) is 14.7 Å². The maximum Gasteiger partial charge on any atom is 0.326 e. The van der Waals surface area contributed by atoms with E-state index >= 15 is 0 Å². The van der Waals surface area contributed by atoms with Crippen molar-refractivity contribution in [1.29, 1.82) is 0 Å². The largest absolute Gasteiger partial charge is 0.508 e. The van der Waals surface area contributed by atoms with E-state index in [2.05, 4.69) is 0 Å². The number of phenols is 1. The van der Waals surface area contributed by atoms with Crippen molar-refractivity contribution >= 4 is 11.9 Å². The average molecular weight is 263 g/mol. The van der Waals surface area contributed by atoms with Crippen molar-refractivity contribution in [3.8, 4) is 5.75 Å². The molecule has 102 valence electrons. The third-order valence-corrected chi connectivity index (χ3v) is 3.50. The summed E-state index contributed by atoms with van der Waals surface area (Å²) in [4.78, 5) is 24.9. The van der Waals surface area contributed by atoms with Gasteiger partial charge in [0.2, 0.25) is 0 Å². The van der Waals surface area contributed by atoms with Crippen LogP contribution in [-0.2, 0) is 4.79 Å². The first-order valence-corrected chi connectivity index (χ1v) is 6.34. The first-order valence-electron chi connectivity index (χ1n) is 6.34. The molecule has 1 aliphatic rings. The summed E-state index contributed by atoms with van der Waals surface area (Å²) in [5.41, 5.74) is 1.02. The van der Waals surface area contributed by atoms with Gasteiger partial charge in [0.05, 0.1) is 0 Å². The Morgan fingerprint density at radius 2 is 2.05 bits per heavy atom. The minimum atomic E-state index is -0.968. The smallest absolute Gasteiger partial charge is 0.326 e. The quantitative estimate of drug-likeness (QED) is 0.852. The van der Waals surface area contributed by atoms with Crippen LogP contribution in [0.2, 0.25) is 0 Å². The van der Waals surface area contributed by atoms with Crippen LogP contribution < -0.4 is 0 Å². The van der Waals surface area contributed by atoms with Crippen molar-refractivity contribution in [2.75, 3.05) is 6.54 Å². The van der Waals surface area contributed by atoms with Gasteiger partial charge in [0.25, 0.3) is 5.91 Å². The molecule has 0 saturated carbocycles. The number of carbonyl (C=O) groups is 2. The van der Waals surface area contributed by atoms with E-state index in [4.69, 9.17) is 5.11 Å². The van der Waals surface area contributed by atoms with Crippen LogP contribution in [0.4, 0.5) is 0 Å². The standard InChI is InChI=1S/C14H17NO4/c1-9-5-6-10(8-12(9)16)13(17)15-7-3-2-4-11(15)14(18)19/h5-6,8,11,16H,2-4,7H2,1H3,(H,18,19). The van der Waals surface area contributed by atoms with E-state index in [0.717, 1.165) is 12.8 Å². The molecule has 1 unspecified atom stereocenters. The minimum Gasteiger partial charge on any atom is -0.508 e. The lowest BCUT2D eigenvalue weighted by Crippen LogP contribution is -2.47. The molecule has 0 aromatic heterocycles. The van der Waals surface area contributed by atoms with Gasteiger partial charge in [0.15, 0.2) is 0 Å². The predicted octanol–water partition coefficient (Wildman–Crippen LogP) is 1.78. The summed E-state index contributed by atoms with van der Waals surface area (Å²) in [5, 5.41) is 18.8. The van der Waals surface area contributed by atoms with Crippen molar-refractivity contribution in [3.63, 3.8) is 0 Å². The summed E-state index contributed by atoms with van der Waals surface area (Å²) >= 11 is 0. The number of aryl methyl sites for hydroxylation is 1. The van der Waals surface area contributed by atoms with Crippen LogP contribution >= 0.6 is 0 Å². The Kier molecular flexibility index (Phi) is 3.74.